The zero-order valence-corrected chi connectivity index (χ0v) is 11.2. The molecule has 0 unspecified atom stereocenters. The van der Waals surface area contributed by atoms with Crippen LogP contribution in [0.2, 0.25) is 0 Å². The fraction of sp³-hybridized carbons (Fsp3) is 0.600. The summed E-state index contributed by atoms with van der Waals surface area (Å²) in [6, 6.07) is 8.56. The lowest BCUT2D eigenvalue weighted by Gasteiger charge is -2.23. The van der Waals surface area contributed by atoms with Crippen LogP contribution in [0.5, 0.6) is 0 Å². The second-order valence-electron chi connectivity index (χ2n) is 5.82. The lowest BCUT2D eigenvalue weighted by molar-refractivity contribution is 0.0961. The largest absolute Gasteiger partial charge is 0.376 e. The fourth-order valence-electron chi connectivity index (χ4n) is 1.78. The van der Waals surface area contributed by atoms with Gasteiger partial charge in [0.1, 0.15) is 0 Å². The standard InChI is InChI=1S/C15H24O/c1-12(2)10-16-11-13-8-6-7-9-14(13)15(3,4)5/h6-9,12H,10-11H2,1-5H3. The highest BCUT2D eigenvalue weighted by Gasteiger charge is 2.17. The van der Waals surface area contributed by atoms with Crippen LogP contribution in [-0.2, 0) is 16.8 Å². The number of rotatable bonds is 4. The maximum Gasteiger partial charge on any atom is 0.0719 e. The van der Waals surface area contributed by atoms with Gasteiger partial charge in [0, 0.05) is 6.61 Å². The third-order valence-corrected chi connectivity index (χ3v) is 2.53. The van der Waals surface area contributed by atoms with E-state index < -0.39 is 0 Å². The van der Waals surface area contributed by atoms with Crippen LogP contribution in [0, 0.1) is 5.92 Å². The second-order valence-corrected chi connectivity index (χ2v) is 5.82. The van der Waals surface area contributed by atoms with Gasteiger partial charge in [-0.15, -0.1) is 0 Å². The minimum atomic E-state index is 0.192. The van der Waals surface area contributed by atoms with Crippen molar-refractivity contribution in [2.24, 2.45) is 5.92 Å². The van der Waals surface area contributed by atoms with Crippen LogP contribution < -0.4 is 0 Å². The van der Waals surface area contributed by atoms with Gasteiger partial charge in [0.25, 0.3) is 0 Å². The number of hydrogen-bond donors (Lipinski definition) is 0. The molecule has 1 aromatic rings. The molecule has 0 saturated carbocycles. The Kier molecular flexibility index (Phi) is 4.55. The van der Waals surface area contributed by atoms with Crippen LogP contribution in [0.4, 0.5) is 0 Å². The SMILES string of the molecule is CC(C)COCc1ccccc1C(C)(C)C. The van der Waals surface area contributed by atoms with Gasteiger partial charge in [-0.05, 0) is 22.5 Å². The van der Waals surface area contributed by atoms with Crippen molar-refractivity contribution >= 4 is 0 Å². The predicted molar refractivity (Wildman–Crippen MR) is 69.6 cm³/mol. The zero-order valence-electron chi connectivity index (χ0n) is 11.2. The molecular formula is C15H24O. The quantitative estimate of drug-likeness (QED) is 0.740. The minimum absolute atomic E-state index is 0.192. The molecule has 0 bridgehead atoms. The first kappa shape index (κ1) is 13.2. The van der Waals surface area contributed by atoms with Crippen molar-refractivity contribution in [3.05, 3.63) is 35.4 Å². The fourth-order valence-corrected chi connectivity index (χ4v) is 1.78. The zero-order chi connectivity index (χ0) is 12.2. The first-order valence-corrected chi connectivity index (χ1v) is 6.07. The molecule has 16 heavy (non-hydrogen) atoms. The van der Waals surface area contributed by atoms with Gasteiger partial charge in [0.2, 0.25) is 0 Å². The Labute approximate surface area is 99.8 Å². The average molecular weight is 220 g/mol. The Morgan fingerprint density at radius 2 is 1.75 bits per heavy atom. The second kappa shape index (κ2) is 5.49. The molecular weight excluding hydrogens is 196 g/mol. The molecule has 0 aliphatic heterocycles. The lowest BCUT2D eigenvalue weighted by Crippen LogP contribution is -2.15. The van der Waals surface area contributed by atoms with E-state index in [-0.39, 0.29) is 5.41 Å². The summed E-state index contributed by atoms with van der Waals surface area (Å²) in [5.41, 5.74) is 2.90. The van der Waals surface area contributed by atoms with Crippen molar-refractivity contribution in [3.8, 4) is 0 Å². The monoisotopic (exact) mass is 220 g/mol. The number of hydrogen-bond acceptors (Lipinski definition) is 1. The Balaban J connectivity index is 2.72. The van der Waals surface area contributed by atoms with Gasteiger partial charge in [-0.2, -0.15) is 0 Å². The first-order valence-electron chi connectivity index (χ1n) is 6.07. The summed E-state index contributed by atoms with van der Waals surface area (Å²) >= 11 is 0. The minimum Gasteiger partial charge on any atom is -0.376 e. The van der Waals surface area contributed by atoms with E-state index in [1.807, 2.05) is 0 Å². The van der Waals surface area contributed by atoms with Gasteiger partial charge in [0.05, 0.1) is 6.61 Å². The van der Waals surface area contributed by atoms with Gasteiger partial charge in [0.15, 0.2) is 0 Å². The highest BCUT2D eigenvalue weighted by molar-refractivity contribution is 5.32. The van der Waals surface area contributed by atoms with Gasteiger partial charge in [-0.1, -0.05) is 58.9 Å². The Hall–Kier alpha value is -0.820. The first-order chi connectivity index (χ1) is 7.41. The number of ether oxygens (including phenoxy) is 1. The summed E-state index contributed by atoms with van der Waals surface area (Å²) in [5.74, 6) is 0.599. The topological polar surface area (TPSA) is 9.23 Å². The molecule has 0 aromatic heterocycles. The van der Waals surface area contributed by atoms with E-state index in [4.69, 9.17) is 4.74 Å². The lowest BCUT2D eigenvalue weighted by atomic mass is 9.84. The summed E-state index contributed by atoms with van der Waals surface area (Å²) in [4.78, 5) is 0. The molecule has 90 valence electrons. The molecule has 1 heteroatoms. The van der Waals surface area contributed by atoms with Crippen LogP contribution >= 0.6 is 0 Å². The van der Waals surface area contributed by atoms with E-state index in [1.54, 1.807) is 0 Å². The Bertz CT molecular complexity index is 320. The number of benzene rings is 1. The molecule has 0 atom stereocenters. The highest BCUT2D eigenvalue weighted by atomic mass is 16.5. The van der Waals surface area contributed by atoms with Crippen molar-refractivity contribution in [1.29, 1.82) is 0 Å². The maximum atomic E-state index is 5.72. The van der Waals surface area contributed by atoms with E-state index in [9.17, 15) is 0 Å². The third kappa shape index (κ3) is 3.97. The third-order valence-electron chi connectivity index (χ3n) is 2.53. The molecule has 0 amide bonds. The van der Waals surface area contributed by atoms with Crippen LogP contribution in [0.25, 0.3) is 0 Å². The van der Waals surface area contributed by atoms with Crippen LogP contribution in [0.1, 0.15) is 45.7 Å². The van der Waals surface area contributed by atoms with E-state index in [1.165, 1.54) is 11.1 Å². The Morgan fingerprint density at radius 1 is 1.12 bits per heavy atom. The van der Waals surface area contributed by atoms with E-state index >= 15 is 0 Å². The maximum absolute atomic E-state index is 5.72. The van der Waals surface area contributed by atoms with Gasteiger partial charge in [-0.3, -0.25) is 0 Å². The predicted octanol–water partition coefficient (Wildman–Crippen LogP) is 4.16. The summed E-state index contributed by atoms with van der Waals surface area (Å²) < 4.78 is 5.72. The van der Waals surface area contributed by atoms with Crippen LogP contribution in [0.3, 0.4) is 0 Å². The molecule has 0 saturated heterocycles. The van der Waals surface area contributed by atoms with Crippen LogP contribution in [0.15, 0.2) is 24.3 Å². The van der Waals surface area contributed by atoms with E-state index in [2.05, 4.69) is 58.9 Å². The van der Waals surface area contributed by atoms with Crippen molar-refractivity contribution in [1.82, 2.24) is 0 Å². The van der Waals surface area contributed by atoms with Crippen molar-refractivity contribution in [2.45, 2.75) is 46.6 Å². The normalized spacial score (nSPS) is 12.1. The summed E-state index contributed by atoms with van der Waals surface area (Å²) in [5, 5.41) is 0. The van der Waals surface area contributed by atoms with Crippen molar-refractivity contribution in [3.63, 3.8) is 0 Å². The molecule has 1 aromatic carbocycles. The van der Waals surface area contributed by atoms with Gasteiger partial charge >= 0.3 is 0 Å². The average Bonchev–Trinajstić information content (AvgIpc) is 2.16. The summed E-state index contributed by atoms with van der Waals surface area (Å²) in [6.07, 6.45) is 0. The van der Waals surface area contributed by atoms with Crippen molar-refractivity contribution < 1.29 is 4.74 Å². The summed E-state index contributed by atoms with van der Waals surface area (Å²) in [6.45, 7) is 12.6. The van der Waals surface area contributed by atoms with E-state index in [0.717, 1.165) is 13.2 Å². The smallest absolute Gasteiger partial charge is 0.0719 e. The molecule has 0 heterocycles. The van der Waals surface area contributed by atoms with Gasteiger partial charge in [-0.25, -0.2) is 0 Å². The molecule has 0 spiro atoms. The molecule has 0 aliphatic carbocycles. The van der Waals surface area contributed by atoms with Crippen LogP contribution in [-0.4, -0.2) is 6.61 Å². The Morgan fingerprint density at radius 3 is 2.31 bits per heavy atom. The molecule has 0 N–H and O–H groups in total. The molecule has 0 aliphatic rings. The van der Waals surface area contributed by atoms with Gasteiger partial charge < -0.3 is 4.74 Å². The highest BCUT2D eigenvalue weighted by Crippen LogP contribution is 2.26. The molecule has 0 radical (unpaired) electrons. The van der Waals surface area contributed by atoms with Crippen molar-refractivity contribution in [2.75, 3.05) is 6.61 Å². The van der Waals surface area contributed by atoms with E-state index in [0.29, 0.717) is 5.92 Å². The summed E-state index contributed by atoms with van der Waals surface area (Å²) in [7, 11) is 0. The molecule has 1 nitrogen and oxygen atoms in total. The molecule has 0 fully saturated rings. The molecule has 1 rings (SSSR count).